The average Bonchev–Trinajstić information content (AvgIpc) is 3.47. The van der Waals surface area contributed by atoms with Gasteiger partial charge in [0.25, 0.3) is 5.69 Å². The number of carbonyl (C=O) groups is 3. The van der Waals surface area contributed by atoms with Crippen LogP contribution in [0.5, 0.6) is 0 Å². The van der Waals surface area contributed by atoms with Gasteiger partial charge in [-0.05, 0) is 54.5 Å². The van der Waals surface area contributed by atoms with Gasteiger partial charge in [-0.15, -0.1) is 0 Å². The summed E-state index contributed by atoms with van der Waals surface area (Å²) in [6.45, 7) is 1.63. The zero-order valence-corrected chi connectivity index (χ0v) is 18.3. The molecule has 2 aliphatic carbocycles. The SMILES string of the molecule is Cc1cc([N+](=O)[O-])ccc1NC(=O)CC(c1cccc(F)c1)N1C(=O)C2C3C=CC(C3)C2C1=O. The first-order valence-electron chi connectivity index (χ1n) is 11.1. The minimum atomic E-state index is -0.959. The molecule has 3 aliphatic rings. The van der Waals surface area contributed by atoms with Crippen molar-refractivity contribution in [3.05, 3.63) is 81.7 Å². The van der Waals surface area contributed by atoms with Crippen LogP contribution in [0.25, 0.3) is 0 Å². The van der Waals surface area contributed by atoms with Crippen LogP contribution in [0.15, 0.2) is 54.6 Å². The van der Waals surface area contributed by atoms with E-state index in [-0.39, 0.29) is 35.8 Å². The van der Waals surface area contributed by atoms with Gasteiger partial charge < -0.3 is 5.32 Å². The van der Waals surface area contributed by atoms with E-state index in [1.165, 1.54) is 36.4 Å². The molecule has 0 spiro atoms. The number of hydrogen-bond acceptors (Lipinski definition) is 5. The number of nitrogens with zero attached hydrogens (tertiary/aromatic N) is 2. The van der Waals surface area contributed by atoms with Crippen LogP contribution in [-0.2, 0) is 14.4 Å². The molecule has 1 saturated heterocycles. The maximum Gasteiger partial charge on any atom is 0.269 e. The maximum atomic E-state index is 14.1. The molecule has 0 aromatic heterocycles. The highest BCUT2D eigenvalue weighted by Gasteiger charge is 2.60. The lowest BCUT2D eigenvalue weighted by Crippen LogP contribution is -2.38. The van der Waals surface area contributed by atoms with E-state index in [4.69, 9.17) is 0 Å². The first kappa shape index (κ1) is 21.9. The van der Waals surface area contributed by atoms with Gasteiger partial charge >= 0.3 is 0 Å². The molecule has 5 rings (SSSR count). The lowest BCUT2D eigenvalue weighted by molar-refractivity contribution is -0.384. The van der Waals surface area contributed by atoms with Crippen molar-refractivity contribution in [1.82, 2.24) is 4.90 Å². The number of hydrogen-bond donors (Lipinski definition) is 1. The van der Waals surface area contributed by atoms with Crippen molar-refractivity contribution in [2.75, 3.05) is 5.32 Å². The first-order valence-corrected chi connectivity index (χ1v) is 11.1. The Morgan fingerprint density at radius 1 is 1.15 bits per heavy atom. The van der Waals surface area contributed by atoms with E-state index in [1.54, 1.807) is 13.0 Å². The van der Waals surface area contributed by atoms with Crippen molar-refractivity contribution in [2.24, 2.45) is 23.7 Å². The third-order valence-corrected chi connectivity index (χ3v) is 7.12. The van der Waals surface area contributed by atoms with Crippen molar-refractivity contribution in [2.45, 2.75) is 25.8 Å². The van der Waals surface area contributed by atoms with Crippen LogP contribution < -0.4 is 5.32 Å². The number of allylic oxidation sites excluding steroid dienone is 2. The highest BCUT2D eigenvalue weighted by molar-refractivity contribution is 6.07. The number of anilines is 1. The third kappa shape index (κ3) is 3.57. The Morgan fingerprint density at radius 3 is 2.41 bits per heavy atom. The van der Waals surface area contributed by atoms with Gasteiger partial charge in [-0.3, -0.25) is 29.4 Å². The number of imide groups is 1. The summed E-state index contributed by atoms with van der Waals surface area (Å²) in [5.74, 6) is -2.50. The summed E-state index contributed by atoms with van der Waals surface area (Å²) in [4.78, 5) is 51.3. The van der Waals surface area contributed by atoms with E-state index < -0.39 is 34.5 Å². The topological polar surface area (TPSA) is 110 Å². The molecule has 0 radical (unpaired) electrons. The number of non-ortho nitro benzene ring substituents is 1. The Morgan fingerprint density at radius 2 is 1.82 bits per heavy atom. The predicted octanol–water partition coefficient (Wildman–Crippen LogP) is 3.92. The molecule has 1 N–H and O–H groups in total. The summed E-state index contributed by atoms with van der Waals surface area (Å²) in [6, 6.07) is 8.67. The predicted molar refractivity (Wildman–Crippen MR) is 120 cm³/mol. The van der Waals surface area contributed by atoms with Gasteiger partial charge in [-0.2, -0.15) is 0 Å². The molecule has 174 valence electrons. The number of nitro groups is 1. The van der Waals surface area contributed by atoms with Crippen LogP contribution in [0.3, 0.4) is 0 Å². The normalized spacial score (nSPS) is 25.5. The highest BCUT2D eigenvalue weighted by atomic mass is 19.1. The van der Waals surface area contributed by atoms with Crippen molar-refractivity contribution in [1.29, 1.82) is 0 Å². The zero-order valence-electron chi connectivity index (χ0n) is 18.3. The zero-order chi connectivity index (χ0) is 24.1. The molecule has 1 saturated carbocycles. The van der Waals surface area contributed by atoms with Gasteiger partial charge in [-0.1, -0.05) is 24.3 Å². The standard InChI is InChI=1S/C25H22FN3O5/c1-13-9-18(29(33)34)7-8-19(13)27-21(30)12-20(14-3-2-4-17(26)11-14)28-24(31)22-15-5-6-16(10-15)23(22)25(28)32/h2-9,11,15-16,20,22-23H,10,12H2,1H3,(H,27,30). The van der Waals surface area contributed by atoms with Gasteiger partial charge in [-0.25, -0.2) is 4.39 Å². The number of carbonyl (C=O) groups excluding carboxylic acids is 3. The second-order valence-electron chi connectivity index (χ2n) is 9.13. The quantitative estimate of drug-likeness (QED) is 0.302. The van der Waals surface area contributed by atoms with Crippen LogP contribution in [0.4, 0.5) is 15.8 Å². The lowest BCUT2D eigenvalue weighted by atomic mass is 9.85. The monoisotopic (exact) mass is 463 g/mol. The van der Waals surface area contributed by atoms with Crippen LogP contribution in [-0.4, -0.2) is 27.5 Å². The largest absolute Gasteiger partial charge is 0.326 e. The van der Waals surface area contributed by atoms with E-state index in [0.29, 0.717) is 16.8 Å². The maximum absolute atomic E-state index is 14.1. The fraction of sp³-hybridized carbons (Fsp3) is 0.320. The summed E-state index contributed by atoms with van der Waals surface area (Å²) in [5.41, 5.74) is 1.14. The molecular formula is C25H22FN3O5. The number of amides is 3. The minimum Gasteiger partial charge on any atom is -0.326 e. The van der Waals surface area contributed by atoms with Gasteiger partial charge in [0.05, 0.1) is 29.2 Å². The number of benzene rings is 2. The van der Waals surface area contributed by atoms with Crippen LogP contribution in [0.2, 0.25) is 0 Å². The number of nitro benzene ring substituents is 1. The number of rotatable bonds is 6. The van der Waals surface area contributed by atoms with E-state index in [9.17, 15) is 28.9 Å². The van der Waals surface area contributed by atoms with E-state index in [0.717, 1.165) is 11.3 Å². The van der Waals surface area contributed by atoms with E-state index in [1.807, 2.05) is 12.2 Å². The minimum absolute atomic E-state index is 0.0150. The molecule has 2 bridgehead atoms. The second kappa shape index (κ2) is 8.16. The number of nitrogens with one attached hydrogen (secondary N) is 1. The van der Waals surface area contributed by atoms with Gasteiger partial charge in [0, 0.05) is 17.8 Å². The summed E-state index contributed by atoms with van der Waals surface area (Å²) >= 11 is 0. The lowest BCUT2D eigenvalue weighted by Gasteiger charge is -2.28. The number of fused-ring (bicyclic) bond motifs is 5. The Kier molecular flexibility index (Phi) is 5.27. The molecule has 2 aromatic rings. The Balaban J connectivity index is 1.43. The molecular weight excluding hydrogens is 441 g/mol. The molecule has 5 unspecified atom stereocenters. The first-order chi connectivity index (χ1) is 16.2. The van der Waals surface area contributed by atoms with Crippen molar-refractivity contribution in [3.63, 3.8) is 0 Å². The van der Waals surface area contributed by atoms with Crippen molar-refractivity contribution >= 4 is 29.1 Å². The summed E-state index contributed by atoms with van der Waals surface area (Å²) < 4.78 is 14.1. The molecule has 1 heterocycles. The summed E-state index contributed by atoms with van der Waals surface area (Å²) in [5, 5.41) is 13.7. The van der Waals surface area contributed by atoms with Crippen LogP contribution in [0.1, 0.15) is 30.0 Å². The fourth-order valence-corrected chi connectivity index (χ4v) is 5.58. The number of likely N-dealkylation sites (tertiary alicyclic amines) is 1. The van der Waals surface area contributed by atoms with Crippen LogP contribution >= 0.6 is 0 Å². The van der Waals surface area contributed by atoms with Gasteiger partial charge in [0.1, 0.15) is 5.82 Å². The molecule has 34 heavy (non-hydrogen) atoms. The molecule has 5 atom stereocenters. The van der Waals surface area contributed by atoms with E-state index >= 15 is 0 Å². The Labute approximate surface area is 194 Å². The molecule has 8 nitrogen and oxygen atoms in total. The number of halogens is 1. The average molecular weight is 463 g/mol. The number of aryl methyl sites for hydroxylation is 1. The fourth-order valence-electron chi connectivity index (χ4n) is 5.58. The smallest absolute Gasteiger partial charge is 0.269 e. The Hall–Kier alpha value is -3.88. The molecule has 2 fully saturated rings. The second-order valence-corrected chi connectivity index (χ2v) is 9.13. The van der Waals surface area contributed by atoms with Crippen LogP contribution in [0, 0.1) is 46.5 Å². The molecule has 2 aromatic carbocycles. The summed E-state index contributed by atoms with van der Waals surface area (Å²) in [7, 11) is 0. The Bertz CT molecular complexity index is 1230. The van der Waals surface area contributed by atoms with E-state index in [2.05, 4.69) is 5.32 Å². The molecule has 1 aliphatic heterocycles. The van der Waals surface area contributed by atoms with Crippen molar-refractivity contribution < 1.29 is 23.7 Å². The highest BCUT2D eigenvalue weighted by Crippen LogP contribution is 2.54. The third-order valence-electron chi connectivity index (χ3n) is 7.12. The molecule has 3 amide bonds. The van der Waals surface area contributed by atoms with Gasteiger partial charge in [0.2, 0.25) is 17.7 Å². The van der Waals surface area contributed by atoms with Crippen molar-refractivity contribution in [3.8, 4) is 0 Å². The van der Waals surface area contributed by atoms with Gasteiger partial charge in [0.15, 0.2) is 0 Å². The summed E-state index contributed by atoms with van der Waals surface area (Å²) in [6.07, 6.45) is 4.49. The molecule has 9 heteroatoms.